The largest absolute Gasteiger partial charge is 0.506 e. The lowest BCUT2D eigenvalue weighted by atomic mass is 10.1. The average molecular weight is 485 g/mol. The van der Waals surface area contributed by atoms with Gasteiger partial charge in [-0.25, -0.2) is 13.1 Å². The number of aromatic nitrogens is 2. The fourth-order valence-corrected chi connectivity index (χ4v) is 5.64. The summed E-state index contributed by atoms with van der Waals surface area (Å²) in [6, 6.07) is 10.5. The number of nitrogens with one attached hydrogen (secondary N) is 1. The van der Waals surface area contributed by atoms with Crippen LogP contribution in [0, 0.1) is 0 Å². The quantitative estimate of drug-likeness (QED) is 0.374. The molecule has 0 radical (unpaired) electrons. The normalized spacial score (nSPS) is 14.5. The summed E-state index contributed by atoms with van der Waals surface area (Å²) in [5, 5.41) is 18.0. The lowest BCUT2D eigenvalue weighted by molar-refractivity contribution is 0.102. The average Bonchev–Trinajstić information content (AvgIpc) is 3.38. The number of unbranched alkanes of at least 4 members (excludes halogenated alkanes) is 2. The van der Waals surface area contributed by atoms with Gasteiger partial charge in [-0.2, -0.15) is 9.40 Å². The van der Waals surface area contributed by atoms with Gasteiger partial charge in [-0.15, -0.1) is 0 Å². The van der Waals surface area contributed by atoms with Gasteiger partial charge in [-0.05, 0) is 43.5 Å². The van der Waals surface area contributed by atoms with Crippen LogP contribution < -0.4 is 10.9 Å². The van der Waals surface area contributed by atoms with Gasteiger partial charge in [0.1, 0.15) is 5.75 Å². The fourth-order valence-electron chi connectivity index (χ4n) is 4.10. The Morgan fingerprint density at radius 3 is 2.50 bits per heavy atom. The summed E-state index contributed by atoms with van der Waals surface area (Å²) in [6.07, 6.45) is 4.25. The number of nitrogens with zero attached hydrogens (tertiary/aromatic N) is 3. The molecular formula is C24H28N4O5S. The number of aryl methyl sites for hydroxylation is 1. The number of hydrogen-bond acceptors (Lipinski definition) is 6. The van der Waals surface area contributed by atoms with Crippen molar-refractivity contribution in [2.75, 3.05) is 18.4 Å². The van der Waals surface area contributed by atoms with E-state index >= 15 is 0 Å². The third-order valence-corrected chi connectivity index (χ3v) is 7.87. The molecule has 180 valence electrons. The highest BCUT2D eigenvalue weighted by Gasteiger charge is 2.28. The first-order valence-electron chi connectivity index (χ1n) is 11.5. The van der Waals surface area contributed by atoms with Crippen molar-refractivity contribution >= 4 is 32.4 Å². The summed E-state index contributed by atoms with van der Waals surface area (Å²) in [6.45, 7) is 3.33. The monoisotopic (exact) mass is 484 g/mol. The van der Waals surface area contributed by atoms with Gasteiger partial charge in [-0.3, -0.25) is 9.59 Å². The molecule has 4 rings (SSSR count). The summed E-state index contributed by atoms with van der Waals surface area (Å²) in [4.78, 5) is 26.1. The van der Waals surface area contributed by atoms with Crippen molar-refractivity contribution in [2.45, 2.75) is 50.5 Å². The Kier molecular flexibility index (Phi) is 6.99. The van der Waals surface area contributed by atoms with Crippen LogP contribution >= 0.6 is 0 Å². The maximum atomic E-state index is 13.2. The maximum Gasteiger partial charge on any atom is 0.276 e. The van der Waals surface area contributed by atoms with E-state index < -0.39 is 15.9 Å². The van der Waals surface area contributed by atoms with Gasteiger partial charge < -0.3 is 10.4 Å². The first kappa shape index (κ1) is 23.9. The Balaban J connectivity index is 1.70. The van der Waals surface area contributed by atoms with E-state index in [1.165, 1.54) is 27.2 Å². The molecule has 1 saturated heterocycles. The number of carbonyl (C=O) groups is 1. The van der Waals surface area contributed by atoms with E-state index in [1.807, 2.05) is 0 Å². The predicted molar refractivity (Wildman–Crippen MR) is 130 cm³/mol. The molecule has 1 aromatic heterocycles. The van der Waals surface area contributed by atoms with E-state index in [4.69, 9.17) is 0 Å². The summed E-state index contributed by atoms with van der Waals surface area (Å²) in [5.74, 6) is -0.916. The van der Waals surface area contributed by atoms with Crippen molar-refractivity contribution in [1.29, 1.82) is 0 Å². The molecule has 0 aliphatic carbocycles. The van der Waals surface area contributed by atoms with Crippen molar-refractivity contribution in [2.24, 2.45) is 0 Å². The zero-order valence-electron chi connectivity index (χ0n) is 19.0. The van der Waals surface area contributed by atoms with Crippen LogP contribution in [0.15, 0.2) is 52.2 Å². The van der Waals surface area contributed by atoms with Crippen LogP contribution in [0.1, 0.15) is 49.5 Å². The molecule has 9 nitrogen and oxygen atoms in total. The van der Waals surface area contributed by atoms with Crippen LogP contribution in [0.2, 0.25) is 0 Å². The molecule has 1 amide bonds. The smallest absolute Gasteiger partial charge is 0.276 e. The molecular weight excluding hydrogens is 456 g/mol. The minimum atomic E-state index is -3.73. The molecule has 1 aliphatic rings. The molecule has 0 spiro atoms. The van der Waals surface area contributed by atoms with Crippen molar-refractivity contribution in [3.8, 4) is 5.75 Å². The molecule has 2 aromatic carbocycles. The van der Waals surface area contributed by atoms with Crippen molar-refractivity contribution < 1.29 is 18.3 Å². The molecule has 0 bridgehead atoms. The lowest BCUT2D eigenvalue weighted by Gasteiger charge is -2.17. The highest BCUT2D eigenvalue weighted by atomic mass is 32.2. The van der Waals surface area contributed by atoms with Gasteiger partial charge in [0.15, 0.2) is 5.69 Å². The van der Waals surface area contributed by atoms with E-state index in [1.54, 1.807) is 24.3 Å². The van der Waals surface area contributed by atoms with E-state index in [0.717, 1.165) is 32.1 Å². The molecule has 3 aromatic rings. The number of phenols is 1. The van der Waals surface area contributed by atoms with E-state index in [9.17, 15) is 23.1 Å². The number of anilines is 1. The number of fused-ring (bicyclic) bond motifs is 1. The van der Waals surface area contributed by atoms with Gasteiger partial charge in [0.25, 0.3) is 11.5 Å². The zero-order valence-corrected chi connectivity index (χ0v) is 19.8. The Bertz CT molecular complexity index is 1380. The molecule has 0 saturated carbocycles. The number of carbonyl (C=O) groups excluding carboxylic acids is 1. The Morgan fingerprint density at radius 1 is 1.09 bits per heavy atom. The predicted octanol–water partition coefficient (Wildman–Crippen LogP) is 3.33. The van der Waals surface area contributed by atoms with Gasteiger partial charge in [-0.1, -0.05) is 38.0 Å². The second kappa shape index (κ2) is 9.94. The van der Waals surface area contributed by atoms with E-state index in [2.05, 4.69) is 17.3 Å². The minimum absolute atomic E-state index is 0.00940. The first-order valence-corrected chi connectivity index (χ1v) is 12.9. The molecule has 1 aliphatic heterocycles. The van der Waals surface area contributed by atoms with Crippen LogP contribution in [0.4, 0.5) is 5.69 Å². The van der Waals surface area contributed by atoms with Crippen LogP contribution in [0.3, 0.4) is 0 Å². The molecule has 0 unspecified atom stereocenters. The number of amides is 1. The Hall–Kier alpha value is -3.24. The van der Waals surface area contributed by atoms with Crippen molar-refractivity contribution in [1.82, 2.24) is 14.1 Å². The zero-order chi connectivity index (χ0) is 24.3. The number of hydrogen-bond donors (Lipinski definition) is 2. The lowest BCUT2D eigenvalue weighted by Crippen LogP contribution is -2.28. The summed E-state index contributed by atoms with van der Waals surface area (Å²) >= 11 is 0. The second-order valence-electron chi connectivity index (χ2n) is 8.37. The van der Waals surface area contributed by atoms with Gasteiger partial charge >= 0.3 is 0 Å². The van der Waals surface area contributed by atoms with E-state index in [-0.39, 0.29) is 27.6 Å². The summed E-state index contributed by atoms with van der Waals surface area (Å²) in [7, 11) is -3.73. The van der Waals surface area contributed by atoms with Crippen LogP contribution in [-0.4, -0.2) is 46.6 Å². The fraction of sp³-hybridized carbons (Fsp3) is 0.375. The van der Waals surface area contributed by atoms with Gasteiger partial charge in [0, 0.05) is 25.0 Å². The van der Waals surface area contributed by atoms with E-state index in [0.29, 0.717) is 30.4 Å². The Labute approximate surface area is 198 Å². The number of benzene rings is 2. The topological polar surface area (TPSA) is 122 Å². The van der Waals surface area contributed by atoms with Crippen LogP contribution in [-0.2, 0) is 16.6 Å². The minimum Gasteiger partial charge on any atom is -0.506 e. The number of phenolic OH excluding ortho intramolecular Hbond substituents is 1. The third-order valence-electron chi connectivity index (χ3n) is 5.98. The number of rotatable bonds is 8. The highest BCUT2D eigenvalue weighted by Crippen LogP contribution is 2.30. The molecule has 1 fully saturated rings. The number of aromatic hydroxyl groups is 1. The molecule has 10 heteroatoms. The van der Waals surface area contributed by atoms with Gasteiger partial charge in [0.05, 0.1) is 16.0 Å². The van der Waals surface area contributed by atoms with Crippen molar-refractivity contribution in [3.05, 3.63) is 58.5 Å². The third kappa shape index (κ3) is 4.69. The van der Waals surface area contributed by atoms with Crippen molar-refractivity contribution in [3.63, 3.8) is 0 Å². The standard InChI is InChI=1S/C24H28N4O5S/c1-2-3-6-15-28-24(31)19-10-5-4-9-18(19)22(26-28)23(30)25-20-16-17(11-12-21(20)29)34(32,33)27-13-7-8-14-27/h4-5,9-12,16,29H,2-3,6-8,13-15H2,1H3,(H,25,30). The molecule has 2 heterocycles. The summed E-state index contributed by atoms with van der Waals surface area (Å²) < 4.78 is 28.5. The molecule has 0 atom stereocenters. The SMILES string of the molecule is CCCCCn1nc(C(=O)Nc2cc(S(=O)(=O)N3CCCC3)ccc2O)c2ccccc2c1=O. The maximum absolute atomic E-state index is 13.2. The summed E-state index contributed by atoms with van der Waals surface area (Å²) in [5.41, 5.74) is -0.288. The van der Waals surface area contributed by atoms with Gasteiger partial charge in [0.2, 0.25) is 10.0 Å². The van der Waals surface area contributed by atoms with Crippen LogP contribution in [0.5, 0.6) is 5.75 Å². The van der Waals surface area contributed by atoms with Crippen LogP contribution in [0.25, 0.3) is 10.8 Å². The number of sulfonamides is 1. The highest BCUT2D eigenvalue weighted by molar-refractivity contribution is 7.89. The second-order valence-corrected chi connectivity index (χ2v) is 10.3. The first-order chi connectivity index (χ1) is 16.3. The molecule has 2 N–H and O–H groups in total. The molecule has 34 heavy (non-hydrogen) atoms. The Morgan fingerprint density at radius 2 is 1.79 bits per heavy atom.